The van der Waals surface area contributed by atoms with Gasteiger partial charge in [-0.15, -0.1) is 0 Å². The van der Waals surface area contributed by atoms with Gasteiger partial charge in [0.2, 0.25) is 0 Å². The number of methoxy groups -OCH3 is 1. The van der Waals surface area contributed by atoms with Crippen molar-refractivity contribution in [3.63, 3.8) is 0 Å². The Balaban J connectivity index is 1.56. The predicted molar refractivity (Wildman–Crippen MR) is 159 cm³/mol. The lowest BCUT2D eigenvalue weighted by molar-refractivity contribution is -0.384. The number of pyridine rings is 2. The molecule has 2 N–H and O–H groups in total. The molecule has 5 aromatic rings. The molecule has 0 saturated carbocycles. The minimum Gasteiger partial charge on any atom is -0.497 e. The minimum atomic E-state index is -0.546. The Morgan fingerprint density at radius 3 is 2.33 bits per heavy atom. The molecule has 2 aromatic heterocycles. The Morgan fingerprint density at radius 2 is 1.69 bits per heavy atom. The van der Waals surface area contributed by atoms with Crippen LogP contribution in [0.1, 0.15) is 21.5 Å². The number of benzene rings is 3. The summed E-state index contributed by atoms with van der Waals surface area (Å²) < 4.78 is 5.34. The van der Waals surface area contributed by atoms with Crippen LogP contribution >= 0.6 is 11.8 Å². The molecule has 0 unspecified atom stereocenters. The van der Waals surface area contributed by atoms with Gasteiger partial charge in [-0.25, -0.2) is 9.97 Å². The third-order valence-electron chi connectivity index (χ3n) is 6.49. The summed E-state index contributed by atoms with van der Waals surface area (Å²) in [7, 11) is 1.56. The number of carbonyl (C=O) groups excluding carboxylic acids is 1. The van der Waals surface area contributed by atoms with Crippen molar-refractivity contribution >= 4 is 40.0 Å². The Kier molecular flexibility index (Phi) is 7.78. The number of ether oxygens (including phenoxy) is 1. The van der Waals surface area contributed by atoms with Crippen molar-refractivity contribution in [1.82, 2.24) is 9.97 Å². The first-order valence-corrected chi connectivity index (χ1v) is 13.4. The molecule has 10 nitrogen and oxygen atoms in total. The molecule has 0 amide bonds. The molecule has 0 saturated heterocycles. The molecule has 0 aliphatic heterocycles. The number of hydrogen-bond donors (Lipinski definition) is 1. The average Bonchev–Trinajstić information content (AvgIpc) is 3.02. The van der Waals surface area contributed by atoms with Gasteiger partial charge in [-0.1, -0.05) is 42.1 Å². The summed E-state index contributed by atoms with van der Waals surface area (Å²) in [4.78, 5) is 33.3. The van der Waals surface area contributed by atoms with Crippen molar-refractivity contribution in [1.29, 1.82) is 10.5 Å². The number of Topliss-reactive ketones (excluding diaryl/α,β-unsaturated/α-hetero) is 1. The molecule has 204 valence electrons. The predicted octanol–water partition coefficient (Wildman–Crippen LogP) is 6.18. The highest BCUT2D eigenvalue weighted by molar-refractivity contribution is 8.00. The van der Waals surface area contributed by atoms with E-state index in [0.29, 0.717) is 28.1 Å². The summed E-state index contributed by atoms with van der Waals surface area (Å²) in [5, 5.41) is 31.9. The summed E-state index contributed by atoms with van der Waals surface area (Å²) in [5.74, 6) is 0.133. The minimum absolute atomic E-state index is 0.0323. The number of thioether (sulfide) groups is 1. The molecule has 0 fully saturated rings. The zero-order valence-electron chi connectivity index (χ0n) is 22.1. The lowest BCUT2D eigenvalue weighted by atomic mass is 9.96. The van der Waals surface area contributed by atoms with Gasteiger partial charge in [0.05, 0.1) is 34.6 Å². The Morgan fingerprint density at radius 1 is 0.976 bits per heavy atom. The van der Waals surface area contributed by atoms with Crippen LogP contribution in [0.3, 0.4) is 0 Å². The Labute approximate surface area is 244 Å². The van der Waals surface area contributed by atoms with E-state index in [2.05, 4.69) is 11.1 Å². The average molecular weight is 573 g/mol. The van der Waals surface area contributed by atoms with E-state index in [1.54, 1.807) is 25.3 Å². The lowest BCUT2D eigenvalue weighted by Crippen LogP contribution is -2.08. The number of nitrogens with zero attached hydrogens (tertiary/aromatic N) is 5. The topological polar surface area (TPSA) is 169 Å². The van der Waals surface area contributed by atoms with Crippen LogP contribution in [-0.2, 0) is 0 Å². The number of anilines is 1. The van der Waals surface area contributed by atoms with E-state index >= 15 is 0 Å². The van der Waals surface area contributed by atoms with Gasteiger partial charge in [0.1, 0.15) is 34.3 Å². The number of nitrogens with two attached hydrogens (primary N) is 1. The largest absolute Gasteiger partial charge is 0.497 e. The van der Waals surface area contributed by atoms with Gasteiger partial charge in [-0.3, -0.25) is 14.9 Å². The van der Waals surface area contributed by atoms with E-state index < -0.39 is 4.92 Å². The summed E-state index contributed by atoms with van der Waals surface area (Å²) in [6.07, 6.45) is 0. The van der Waals surface area contributed by atoms with Crippen molar-refractivity contribution in [2.75, 3.05) is 18.6 Å². The molecule has 0 spiro atoms. The molecule has 0 aliphatic rings. The summed E-state index contributed by atoms with van der Waals surface area (Å²) in [6, 6.07) is 26.0. The van der Waals surface area contributed by atoms with E-state index in [1.807, 2.05) is 42.5 Å². The zero-order chi connectivity index (χ0) is 29.8. The quantitative estimate of drug-likeness (QED) is 0.0980. The van der Waals surface area contributed by atoms with Crippen LogP contribution in [-0.4, -0.2) is 33.5 Å². The van der Waals surface area contributed by atoms with E-state index in [9.17, 15) is 25.4 Å². The maximum atomic E-state index is 13.7. The van der Waals surface area contributed by atoms with Gasteiger partial charge in [-0.05, 0) is 42.0 Å². The number of fused-ring (bicyclic) bond motifs is 1. The maximum Gasteiger partial charge on any atom is 0.269 e. The second-order valence-corrected chi connectivity index (χ2v) is 9.94. The molecule has 11 heteroatoms. The molecule has 3 aromatic carbocycles. The normalized spacial score (nSPS) is 10.5. The molecule has 5 rings (SSSR count). The van der Waals surface area contributed by atoms with E-state index in [-0.39, 0.29) is 44.8 Å². The van der Waals surface area contributed by atoms with Crippen LogP contribution in [0.2, 0.25) is 0 Å². The second-order valence-electron chi connectivity index (χ2n) is 8.98. The van der Waals surface area contributed by atoms with Gasteiger partial charge in [0.25, 0.3) is 5.69 Å². The maximum absolute atomic E-state index is 13.7. The number of nitro benzene ring substituents is 1. The van der Waals surface area contributed by atoms with Gasteiger partial charge >= 0.3 is 0 Å². The van der Waals surface area contributed by atoms with Crippen LogP contribution in [0.25, 0.3) is 33.3 Å². The van der Waals surface area contributed by atoms with E-state index in [1.165, 1.54) is 24.3 Å². The van der Waals surface area contributed by atoms with Crippen molar-refractivity contribution < 1.29 is 14.5 Å². The highest BCUT2D eigenvalue weighted by Gasteiger charge is 2.23. The number of nitro groups is 1. The standard InChI is InChI=1S/C31H20N6O4S/c1-41-22-11-12-26-20(13-22)14-23(29(35-26)19-5-3-2-4-6-19)27(38)17-42-31-25(16-33)28(24(15-32)30(34)36-31)18-7-9-21(10-8-18)37(39)40/h2-14H,17H2,1H3,(H2,34,36). The summed E-state index contributed by atoms with van der Waals surface area (Å²) >= 11 is 1.01. The molecular weight excluding hydrogens is 552 g/mol. The number of ketones is 1. The van der Waals surface area contributed by atoms with Gasteiger partial charge in [0.15, 0.2) is 5.78 Å². The van der Waals surface area contributed by atoms with Gasteiger partial charge in [-0.2, -0.15) is 10.5 Å². The summed E-state index contributed by atoms with van der Waals surface area (Å²) in [5.41, 5.74) is 8.90. The third-order valence-corrected chi connectivity index (χ3v) is 7.47. The van der Waals surface area contributed by atoms with Crippen LogP contribution in [0, 0.1) is 32.8 Å². The number of nitriles is 2. The van der Waals surface area contributed by atoms with Crippen LogP contribution in [0.5, 0.6) is 5.75 Å². The fourth-order valence-corrected chi connectivity index (χ4v) is 5.34. The lowest BCUT2D eigenvalue weighted by Gasteiger charge is -2.14. The molecule has 0 aliphatic carbocycles. The zero-order valence-corrected chi connectivity index (χ0v) is 22.9. The van der Waals surface area contributed by atoms with Crippen LogP contribution in [0.15, 0.2) is 83.9 Å². The fraction of sp³-hybridized carbons (Fsp3) is 0.0645. The first kappa shape index (κ1) is 27.8. The first-order chi connectivity index (χ1) is 20.3. The monoisotopic (exact) mass is 572 g/mol. The highest BCUT2D eigenvalue weighted by Crippen LogP contribution is 2.37. The number of aromatic nitrogens is 2. The highest BCUT2D eigenvalue weighted by atomic mass is 32.2. The summed E-state index contributed by atoms with van der Waals surface area (Å²) in [6.45, 7) is 0. The SMILES string of the molecule is COc1ccc2nc(-c3ccccc3)c(C(=O)CSc3nc(N)c(C#N)c(-c4ccc([N+](=O)[O-])cc4)c3C#N)cc2c1. The fourth-order valence-electron chi connectivity index (χ4n) is 4.46. The molecular formula is C31H20N6O4S. The Bertz CT molecular complexity index is 1950. The number of rotatable bonds is 8. The smallest absolute Gasteiger partial charge is 0.269 e. The molecule has 0 atom stereocenters. The van der Waals surface area contributed by atoms with Crippen molar-refractivity contribution in [2.24, 2.45) is 0 Å². The van der Waals surface area contributed by atoms with Crippen LogP contribution < -0.4 is 10.5 Å². The third kappa shape index (κ3) is 5.32. The van der Waals surface area contributed by atoms with E-state index in [0.717, 1.165) is 22.7 Å². The number of carbonyl (C=O) groups is 1. The van der Waals surface area contributed by atoms with Crippen molar-refractivity contribution in [3.8, 4) is 40.3 Å². The first-order valence-electron chi connectivity index (χ1n) is 12.4. The van der Waals surface area contributed by atoms with Crippen molar-refractivity contribution in [2.45, 2.75) is 5.03 Å². The molecule has 2 heterocycles. The molecule has 0 radical (unpaired) electrons. The van der Waals surface area contributed by atoms with Crippen LogP contribution in [0.4, 0.5) is 11.5 Å². The number of nitrogen functional groups attached to an aromatic ring is 1. The van der Waals surface area contributed by atoms with Gasteiger partial charge < -0.3 is 10.5 Å². The molecule has 0 bridgehead atoms. The number of hydrogen-bond acceptors (Lipinski definition) is 10. The number of non-ortho nitro benzene ring substituents is 1. The van der Waals surface area contributed by atoms with Crippen molar-refractivity contribution in [3.05, 3.63) is 106 Å². The molecule has 42 heavy (non-hydrogen) atoms. The van der Waals surface area contributed by atoms with Gasteiger partial charge in [0, 0.05) is 34.2 Å². The Hall–Kier alpha value is -5.78. The van der Waals surface area contributed by atoms with E-state index in [4.69, 9.17) is 15.5 Å². The second kappa shape index (κ2) is 11.8.